The van der Waals surface area contributed by atoms with Gasteiger partial charge in [0.05, 0.1) is 16.7 Å². The molecule has 0 radical (unpaired) electrons. The molecule has 0 spiro atoms. The van der Waals surface area contributed by atoms with Crippen LogP contribution < -0.4 is 5.32 Å². The van der Waals surface area contributed by atoms with Crippen LogP contribution in [0.15, 0.2) is 40.7 Å². The van der Waals surface area contributed by atoms with Gasteiger partial charge in [-0.1, -0.05) is 36.1 Å². The summed E-state index contributed by atoms with van der Waals surface area (Å²) in [5, 5.41) is 3.68. The second kappa shape index (κ2) is 7.91. The van der Waals surface area contributed by atoms with Crippen molar-refractivity contribution in [2.24, 2.45) is 0 Å². The molecule has 0 aromatic heterocycles. The van der Waals surface area contributed by atoms with Crippen LogP contribution in [0.2, 0.25) is 0 Å². The van der Waals surface area contributed by atoms with E-state index in [1.54, 1.807) is 18.2 Å². The number of amides is 2. The van der Waals surface area contributed by atoms with Crippen LogP contribution in [0, 0.1) is 5.82 Å². The van der Waals surface area contributed by atoms with Crippen molar-refractivity contribution in [3.63, 3.8) is 0 Å². The number of hydrogen-bond donors (Lipinski definition) is 1. The molecule has 1 atom stereocenters. The van der Waals surface area contributed by atoms with Gasteiger partial charge in [0.25, 0.3) is 5.91 Å². The Kier molecular flexibility index (Phi) is 5.78. The number of sulfone groups is 1. The number of thiocarbonyl (C=S) groups is 1. The Labute approximate surface area is 165 Å². The maximum absolute atomic E-state index is 13.3. The normalized spacial score (nSPS) is 22.6. The minimum atomic E-state index is -3.25. The Morgan fingerprint density at radius 1 is 1.44 bits per heavy atom. The number of nitrogens with zero attached hydrogens (tertiary/aromatic N) is 1. The van der Waals surface area contributed by atoms with E-state index in [1.807, 2.05) is 0 Å². The standard InChI is InChI=1S/C17H15FN2O4S3/c18-12-3-1-2-11(8-12)9-14-16(22)20(17(25)26-14)6-4-15(21)19-13-5-7-27(23,24)10-13/h1-3,5,7-9,13H,4,6,10H2,(H,19,21). The predicted octanol–water partition coefficient (Wildman–Crippen LogP) is 1.84. The molecule has 6 nitrogen and oxygen atoms in total. The van der Waals surface area contributed by atoms with Gasteiger partial charge in [-0.25, -0.2) is 12.8 Å². The summed E-state index contributed by atoms with van der Waals surface area (Å²) in [4.78, 5) is 26.2. The summed E-state index contributed by atoms with van der Waals surface area (Å²) in [6, 6.07) is 5.28. The molecule has 2 amide bonds. The van der Waals surface area contributed by atoms with E-state index in [0.29, 0.717) is 14.8 Å². The van der Waals surface area contributed by atoms with Crippen LogP contribution in [0.5, 0.6) is 0 Å². The molecule has 10 heteroatoms. The second-order valence-corrected chi connectivity index (χ2v) is 9.58. The third kappa shape index (κ3) is 5.02. The summed E-state index contributed by atoms with van der Waals surface area (Å²) in [6.45, 7) is 0.0835. The third-order valence-electron chi connectivity index (χ3n) is 3.86. The smallest absolute Gasteiger partial charge is 0.266 e. The molecule has 3 rings (SSSR count). The number of halogens is 1. The predicted molar refractivity (Wildman–Crippen MR) is 106 cm³/mol. The molecule has 1 aromatic rings. The minimum Gasteiger partial charge on any atom is -0.349 e. The summed E-state index contributed by atoms with van der Waals surface area (Å²) in [7, 11) is -3.25. The van der Waals surface area contributed by atoms with Gasteiger partial charge in [-0.2, -0.15) is 0 Å². The first kappa shape index (κ1) is 19.7. The summed E-state index contributed by atoms with van der Waals surface area (Å²) in [5.41, 5.74) is 0.544. The topological polar surface area (TPSA) is 83.6 Å². The number of thioether (sulfide) groups is 1. The van der Waals surface area contributed by atoms with Gasteiger partial charge in [0.1, 0.15) is 10.1 Å². The lowest BCUT2D eigenvalue weighted by Gasteiger charge is -2.15. The van der Waals surface area contributed by atoms with Crippen molar-refractivity contribution in [3.05, 3.63) is 52.0 Å². The van der Waals surface area contributed by atoms with Gasteiger partial charge >= 0.3 is 0 Å². The third-order valence-corrected chi connectivity index (χ3v) is 6.63. The largest absolute Gasteiger partial charge is 0.349 e. The molecule has 0 bridgehead atoms. The van der Waals surface area contributed by atoms with E-state index in [2.05, 4.69) is 5.32 Å². The summed E-state index contributed by atoms with van der Waals surface area (Å²) >= 11 is 6.28. The molecule has 0 aliphatic carbocycles. The highest BCUT2D eigenvalue weighted by Gasteiger charge is 2.32. The van der Waals surface area contributed by atoms with Gasteiger partial charge in [0.2, 0.25) is 5.91 Å². The monoisotopic (exact) mass is 426 g/mol. The lowest BCUT2D eigenvalue weighted by molar-refractivity contribution is -0.124. The van der Waals surface area contributed by atoms with E-state index < -0.39 is 21.7 Å². The van der Waals surface area contributed by atoms with Crippen molar-refractivity contribution in [3.8, 4) is 0 Å². The molecule has 0 saturated carbocycles. The number of nitrogens with one attached hydrogen (secondary N) is 1. The van der Waals surface area contributed by atoms with E-state index in [9.17, 15) is 22.4 Å². The fraction of sp³-hybridized carbons (Fsp3) is 0.235. The molecule has 1 N–H and O–H groups in total. The quantitative estimate of drug-likeness (QED) is 0.572. The van der Waals surface area contributed by atoms with Crippen molar-refractivity contribution in [1.82, 2.24) is 10.2 Å². The van der Waals surface area contributed by atoms with Crippen LogP contribution in [0.4, 0.5) is 4.39 Å². The molecule has 1 unspecified atom stereocenters. The molecular formula is C17H15FN2O4S3. The molecule has 2 aliphatic rings. The van der Waals surface area contributed by atoms with Gasteiger partial charge in [-0.15, -0.1) is 0 Å². The molecule has 1 saturated heterocycles. The lowest BCUT2D eigenvalue weighted by Crippen LogP contribution is -2.38. The van der Waals surface area contributed by atoms with Gasteiger partial charge in [-0.05, 0) is 29.8 Å². The number of carbonyl (C=O) groups excluding carboxylic acids is 2. The average molecular weight is 427 g/mol. The van der Waals surface area contributed by atoms with E-state index in [0.717, 1.165) is 17.2 Å². The molecular weight excluding hydrogens is 411 g/mol. The van der Waals surface area contributed by atoms with E-state index >= 15 is 0 Å². The Hall–Kier alpha value is -2.04. The molecule has 142 valence electrons. The van der Waals surface area contributed by atoms with E-state index in [-0.39, 0.29) is 30.5 Å². The highest BCUT2D eigenvalue weighted by molar-refractivity contribution is 8.26. The Bertz CT molecular complexity index is 972. The number of hydrogen-bond acceptors (Lipinski definition) is 6. The highest BCUT2D eigenvalue weighted by atomic mass is 32.2. The summed E-state index contributed by atoms with van der Waals surface area (Å²) in [6.07, 6.45) is 2.97. The number of rotatable bonds is 5. The van der Waals surface area contributed by atoms with E-state index in [4.69, 9.17) is 12.2 Å². The first-order valence-electron chi connectivity index (χ1n) is 7.95. The van der Waals surface area contributed by atoms with Gasteiger partial charge in [0, 0.05) is 18.4 Å². The van der Waals surface area contributed by atoms with Crippen molar-refractivity contribution in [1.29, 1.82) is 0 Å². The highest BCUT2D eigenvalue weighted by Crippen LogP contribution is 2.32. The Morgan fingerprint density at radius 3 is 2.89 bits per heavy atom. The zero-order valence-electron chi connectivity index (χ0n) is 13.9. The van der Waals surface area contributed by atoms with Crippen molar-refractivity contribution in [2.45, 2.75) is 12.5 Å². The zero-order chi connectivity index (χ0) is 19.6. The SMILES string of the molecule is O=C(CCN1C(=O)C(=Cc2cccc(F)c2)SC1=S)NC1C=CS(=O)(=O)C1. The molecule has 2 heterocycles. The maximum atomic E-state index is 13.3. The van der Waals surface area contributed by atoms with Crippen LogP contribution in [0.3, 0.4) is 0 Å². The first-order valence-corrected chi connectivity index (χ1v) is 10.9. The second-order valence-electron chi connectivity index (χ2n) is 5.97. The molecule has 27 heavy (non-hydrogen) atoms. The number of benzene rings is 1. The lowest BCUT2D eigenvalue weighted by atomic mass is 10.2. The van der Waals surface area contributed by atoms with E-state index in [1.165, 1.54) is 23.1 Å². The molecule has 1 aromatic carbocycles. The van der Waals surface area contributed by atoms with Gasteiger partial charge in [-0.3, -0.25) is 14.5 Å². The Morgan fingerprint density at radius 2 is 2.22 bits per heavy atom. The molecule has 1 fully saturated rings. The van der Waals surface area contributed by atoms with Gasteiger partial charge < -0.3 is 5.32 Å². The van der Waals surface area contributed by atoms with Crippen LogP contribution >= 0.6 is 24.0 Å². The zero-order valence-corrected chi connectivity index (χ0v) is 16.4. The fourth-order valence-electron chi connectivity index (χ4n) is 2.60. The number of carbonyl (C=O) groups is 2. The molecule has 2 aliphatic heterocycles. The van der Waals surface area contributed by atoms with Gasteiger partial charge in [0.15, 0.2) is 9.84 Å². The van der Waals surface area contributed by atoms with Crippen molar-refractivity contribution >= 4 is 56.0 Å². The average Bonchev–Trinajstić information content (AvgIpc) is 3.05. The summed E-state index contributed by atoms with van der Waals surface area (Å²) < 4.78 is 36.3. The van der Waals surface area contributed by atoms with Crippen LogP contribution in [0.25, 0.3) is 6.08 Å². The minimum absolute atomic E-state index is 0.00985. The Balaban J connectivity index is 1.58. The van der Waals surface area contributed by atoms with Crippen LogP contribution in [-0.2, 0) is 19.4 Å². The van der Waals surface area contributed by atoms with Crippen LogP contribution in [0.1, 0.15) is 12.0 Å². The van der Waals surface area contributed by atoms with Crippen LogP contribution in [-0.4, -0.2) is 47.8 Å². The fourth-order valence-corrected chi connectivity index (χ4v) is 5.14. The summed E-state index contributed by atoms with van der Waals surface area (Å²) in [5.74, 6) is -1.27. The maximum Gasteiger partial charge on any atom is 0.266 e. The first-order chi connectivity index (χ1) is 12.7. The van der Waals surface area contributed by atoms with Crippen molar-refractivity contribution < 1.29 is 22.4 Å². The van der Waals surface area contributed by atoms with Crippen molar-refractivity contribution in [2.75, 3.05) is 12.3 Å².